The fourth-order valence-corrected chi connectivity index (χ4v) is 2.76. The van der Waals surface area contributed by atoms with Crippen LogP contribution in [0.4, 0.5) is 0 Å². The first-order valence-corrected chi connectivity index (χ1v) is 6.95. The van der Waals surface area contributed by atoms with Gasteiger partial charge in [0.05, 0.1) is 5.92 Å². The van der Waals surface area contributed by atoms with Gasteiger partial charge >= 0.3 is 0 Å². The number of amides is 1. The lowest BCUT2D eigenvalue weighted by molar-refractivity contribution is -0.133. The van der Waals surface area contributed by atoms with Crippen molar-refractivity contribution in [3.8, 4) is 0 Å². The molecule has 2 aromatic rings. The predicted octanol–water partition coefficient (Wildman–Crippen LogP) is 2.64. The Kier molecular flexibility index (Phi) is 3.59. The second-order valence-electron chi connectivity index (χ2n) is 5.21. The summed E-state index contributed by atoms with van der Waals surface area (Å²) in [4.78, 5) is 13.7. The second kappa shape index (κ2) is 5.54. The zero-order valence-corrected chi connectivity index (χ0v) is 11.8. The highest BCUT2D eigenvalue weighted by atomic mass is 16.3. The van der Waals surface area contributed by atoms with E-state index >= 15 is 0 Å². The van der Waals surface area contributed by atoms with Crippen LogP contribution < -0.4 is 0 Å². The van der Waals surface area contributed by atoms with Crippen molar-refractivity contribution in [1.29, 1.82) is 0 Å². The quantitative estimate of drug-likeness (QED) is 0.918. The number of likely N-dealkylation sites (N-methyl/N-ethyl adjacent to an activating group) is 1. The summed E-state index contributed by atoms with van der Waals surface area (Å²) in [7, 11) is 1.71. The molecule has 0 aliphatic carbocycles. The molecule has 1 N–H and O–H groups in total. The van der Waals surface area contributed by atoms with Crippen molar-refractivity contribution >= 4 is 12.0 Å². The van der Waals surface area contributed by atoms with Crippen LogP contribution in [0.2, 0.25) is 0 Å². The van der Waals surface area contributed by atoms with Crippen molar-refractivity contribution in [3.63, 3.8) is 0 Å². The van der Waals surface area contributed by atoms with E-state index in [0.717, 1.165) is 16.8 Å². The van der Waals surface area contributed by atoms with Crippen LogP contribution in [-0.4, -0.2) is 29.1 Å². The van der Waals surface area contributed by atoms with E-state index in [-0.39, 0.29) is 11.8 Å². The number of likely N-dealkylation sites (tertiary alicyclic amines) is 1. The molecule has 3 nitrogen and oxygen atoms in total. The molecule has 2 aromatic carbocycles. The Balaban J connectivity index is 2.07. The number of rotatable bonds is 2. The lowest BCUT2D eigenvalue weighted by Crippen LogP contribution is -2.25. The van der Waals surface area contributed by atoms with Crippen molar-refractivity contribution in [1.82, 2.24) is 4.90 Å². The minimum absolute atomic E-state index is 0.258. The normalized spacial score (nSPS) is 23.8. The van der Waals surface area contributed by atoms with Gasteiger partial charge in [-0.1, -0.05) is 60.7 Å². The Morgan fingerprint density at radius 2 is 1.57 bits per heavy atom. The molecule has 0 bridgehead atoms. The summed E-state index contributed by atoms with van der Waals surface area (Å²) in [6, 6.07) is 19.5. The standard InChI is InChI=1S/C18H17NO2/c1-19-15(12-13-8-4-2-5-9-13)16(17(20)18(19)21)14-10-6-3-7-11-14/h2-12,16-17,20H,1H3/t16-,17+/m1/s1. The molecule has 3 heteroatoms. The molecule has 2 atom stereocenters. The van der Waals surface area contributed by atoms with E-state index in [1.807, 2.05) is 66.7 Å². The minimum Gasteiger partial charge on any atom is -0.382 e. The zero-order chi connectivity index (χ0) is 14.8. The maximum Gasteiger partial charge on any atom is 0.256 e. The Hall–Kier alpha value is -2.39. The average molecular weight is 279 g/mol. The van der Waals surface area contributed by atoms with Gasteiger partial charge in [0.15, 0.2) is 0 Å². The molecule has 1 aliphatic heterocycles. The summed E-state index contributed by atoms with van der Waals surface area (Å²) in [5.41, 5.74) is 2.79. The summed E-state index contributed by atoms with van der Waals surface area (Å²) in [6.07, 6.45) is 0.943. The van der Waals surface area contributed by atoms with Gasteiger partial charge in [0.25, 0.3) is 5.91 Å². The number of aliphatic hydroxyl groups excluding tert-OH is 1. The van der Waals surface area contributed by atoms with Gasteiger partial charge in [-0.15, -0.1) is 0 Å². The van der Waals surface area contributed by atoms with Crippen molar-refractivity contribution in [2.45, 2.75) is 12.0 Å². The van der Waals surface area contributed by atoms with Gasteiger partial charge in [0.2, 0.25) is 0 Å². The third-order valence-corrected chi connectivity index (χ3v) is 3.88. The van der Waals surface area contributed by atoms with Crippen LogP contribution in [0.3, 0.4) is 0 Å². The summed E-state index contributed by atoms with van der Waals surface area (Å²) >= 11 is 0. The van der Waals surface area contributed by atoms with Crippen LogP contribution in [0, 0.1) is 0 Å². The van der Waals surface area contributed by atoms with Crippen LogP contribution >= 0.6 is 0 Å². The number of carbonyl (C=O) groups is 1. The molecule has 1 saturated heterocycles. The highest BCUT2D eigenvalue weighted by Gasteiger charge is 2.42. The molecule has 0 radical (unpaired) electrons. The first-order chi connectivity index (χ1) is 10.2. The first kappa shape index (κ1) is 13.6. The van der Waals surface area contributed by atoms with Gasteiger partial charge in [0, 0.05) is 12.7 Å². The number of aliphatic hydroxyl groups is 1. The van der Waals surface area contributed by atoms with Gasteiger partial charge in [-0.3, -0.25) is 4.79 Å². The fraction of sp³-hybridized carbons (Fsp3) is 0.167. The molecule has 1 fully saturated rings. The van der Waals surface area contributed by atoms with Crippen molar-refractivity contribution in [2.75, 3.05) is 7.05 Å². The third-order valence-electron chi connectivity index (χ3n) is 3.88. The van der Waals surface area contributed by atoms with Crippen molar-refractivity contribution in [2.24, 2.45) is 0 Å². The van der Waals surface area contributed by atoms with E-state index in [1.54, 1.807) is 11.9 Å². The number of nitrogens with zero attached hydrogens (tertiary/aromatic N) is 1. The topological polar surface area (TPSA) is 40.5 Å². The summed E-state index contributed by atoms with van der Waals surface area (Å²) in [5, 5.41) is 10.3. The molecule has 106 valence electrons. The van der Waals surface area contributed by atoms with E-state index in [1.165, 1.54) is 0 Å². The molecule has 0 spiro atoms. The van der Waals surface area contributed by atoms with Crippen LogP contribution in [0.5, 0.6) is 0 Å². The molecule has 0 aromatic heterocycles. The number of benzene rings is 2. The highest BCUT2D eigenvalue weighted by Crippen LogP contribution is 2.37. The Labute approximate surface area is 124 Å². The minimum atomic E-state index is -1.02. The number of hydrogen-bond donors (Lipinski definition) is 1. The fourth-order valence-electron chi connectivity index (χ4n) is 2.76. The number of hydrogen-bond acceptors (Lipinski definition) is 2. The van der Waals surface area contributed by atoms with Crippen LogP contribution in [0.1, 0.15) is 17.0 Å². The van der Waals surface area contributed by atoms with Gasteiger partial charge in [-0.2, -0.15) is 0 Å². The predicted molar refractivity (Wildman–Crippen MR) is 82.4 cm³/mol. The second-order valence-corrected chi connectivity index (χ2v) is 5.21. The lowest BCUT2D eigenvalue weighted by atomic mass is 9.92. The van der Waals surface area contributed by atoms with Crippen LogP contribution in [-0.2, 0) is 4.79 Å². The molecule has 0 saturated carbocycles. The van der Waals surface area contributed by atoms with Gasteiger partial charge in [0.1, 0.15) is 6.10 Å². The lowest BCUT2D eigenvalue weighted by Gasteiger charge is -2.17. The van der Waals surface area contributed by atoms with Crippen molar-refractivity contribution in [3.05, 3.63) is 77.5 Å². The molecule has 3 rings (SSSR count). The van der Waals surface area contributed by atoms with E-state index in [0.29, 0.717) is 0 Å². The largest absolute Gasteiger partial charge is 0.382 e. The Morgan fingerprint density at radius 1 is 1.00 bits per heavy atom. The molecule has 1 amide bonds. The van der Waals surface area contributed by atoms with Crippen LogP contribution in [0.25, 0.3) is 6.08 Å². The van der Waals surface area contributed by atoms with E-state index in [2.05, 4.69) is 0 Å². The van der Waals surface area contributed by atoms with E-state index in [4.69, 9.17) is 0 Å². The monoisotopic (exact) mass is 279 g/mol. The van der Waals surface area contributed by atoms with E-state index in [9.17, 15) is 9.90 Å². The zero-order valence-electron chi connectivity index (χ0n) is 11.8. The maximum absolute atomic E-state index is 12.1. The maximum atomic E-state index is 12.1. The van der Waals surface area contributed by atoms with Crippen LogP contribution in [0.15, 0.2) is 66.4 Å². The third kappa shape index (κ3) is 2.48. The Morgan fingerprint density at radius 3 is 2.19 bits per heavy atom. The molecular formula is C18H17NO2. The summed E-state index contributed by atoms with van der Waals surface area (Å²) in [6.45, 7) is 0. The van der Waals surface area contributed by atoms with Gasteiger partial charge in [-0.05, 0) is 17.2 Å². The molecule has 1 aliphatic rings. The SMILES string of the molecule is CN1C(=O)[C@@H](O)[C@H](c2ccccc2)C1=Cc1ccccc1. The first-order valence-electron chi connectivity index (χ1n) is 6.95. The van der Waals surface area contributed by atoms with Gasteiger partial charge < -0.3 is 10.0 Å². The summed E-state index contributed by atoms with van der Waals surface area (Å²) < 4.78 is 0. The molecule has 1 heterocycles. The molecule has 21 heavy (non-hydrogen) atoms. The molecular weight excluding hydrogens is 262 g/mol. The Bertz CT molecular complexity index is 664. The van der Waals surface area contributed by atoms with E-state index < -0.39 is 6.10 Å². The average Bonchev–Trinajstić information content (AvgIpc) is 2.74. The smallest absolute Gasteiger partial charge is 0.256 e. The summed E-state index contributed by atoms with van der Waals surface area (Å²) in [5.74, 6) is -0.574. The highest BCUT2D eigenvalue weighted by molar-refractivity contribution is 5.89. The van der Waals surface area contributed by atoms with Gasteiger partial charge in [-0.25, -0.2) is 0 Å². The molecule has 0 unspecified atom stereocenters. The number of carbonyl (C=O) groups excluding carboxylic acids is 1. The van der Waals surface area contributed by atoms with Crippen molar-refractivity contribution < 1.29 is 9.90 Å².